The van der Waals surface area contributed by atoms with E-state index in [1.54, 1.807) is 42.5 Å². The molecule has 7 nitrogen and oxygen atoms in total. The zero-order valence-corrected chi connectivity index (χ0v) is 15.0. The molecule has 138 valence electrons. The Morgan fingerprint density at radius 2 is 1.67 bits per heavy atom. The monoisotopic (exact) mass is 384 g/mol. The number of hydrogen-bond acceptors (Lipinski definition) is 5. The van der Waals surface area contributed by atoms with Crippen LogP contribution in [0.3, 0.4) is 0 Å². The second-order valence-electron chi connectivity index (χ2n) is 6.62. The van der Waals surface area contributed by atoms with E-state index in [1.165, 1.54) is 6.07 Å². The number of imide groups is 1. The van der Waals surface area contributed by atoms with E-state index in [0.717, 1.165) is 4.90 Å². The van der Waals surface area contributed by atoms with Crippen LogP contribution in [0.4, 0.5) is 5.69 Å². The fourth-order valence-corrected chi connectivity index (χ4v) is 5.06. The van der Waals surface area contributed by atoms with Crippen molar-refractivity contribution >= 4 is 33.2 Å². The normalized spacial score (nSPS) is 20.6. The zero-order valence-electron chi connectivity index (χ0n) is 14.2. The van der Waals surface area contributed by atoms with Crippen LogP contribution in [0.15, 0.2) is 48.5 Å². The summed E-state index contributed by atoms with van der Waals surface area (Å²) in [5.74, 6) is -1.32. The molecule has 2 aliphatic heterocycles. The number of benzene rings is 2. The highest BCUT2D eigenvalue weighted by Crippen LogP contribution is 2.28. The minimum absolute atomic E-state index is 0.0625. The van der Waals surface area contributed by atoms with Gasteiger partial charge in [0.05, 0.1) is 28.3 Å². The number of amides is 3. The van der Waals surface area contributed by atoms with Crippen LogP contribution in [0.1, 0.15) is 37.5 Å². The summed E-state index contributed by atoms with van der Waals surface area (Å²) >= 11 is 0. The zero-order chi connectivity index (χ0) is 19.2. The number of carbonyl (C=O) groups excluding carboxylic acids is 3. The summed E-state index contributed by atoms with van der Waals surface area (Å²) in [7, 11) is -3.10. The molecule has 1 fully saturated rings. The predicted octanol–water partition coefficient (Wildman–Crippen LogP) is 1.40. The number of hydrogen-bond donors (Lipinski definition) is 1. The van der Waals surface area contributed by atoms with Gasteiger partial charge in [-0.2, -0.15) is 0 Å². The highest BCUT2D eigenvalue weighted by Gasteiger charge is 2.36. The Morgan fingerprint density at radius 3 is 2.26 bits per heavy atom. The summed E-state index contributed by atoms with van der Waals surface area (Å²) in [5, 5.41) is 2.70. The average molecular weight is 384 g/mol. The third kappa shape index (κ3) is 3.12. The van der Waals surface area contributed by atoms with Gasteiger partial charge in [-0.05, 0) is 36.8 Å². The Labute approximate surface area is 155 Å². The van der Waals surface area contributed by atoms with Gasteiger partial charge in [0.1, 0.15) is 0 Å². The second kappa shape index (κ2) is 6.31. The molecule has 2 heterocycles. The first-order chi connectivity index (χ1) is 12.9. The lowest BCUT2D eigenvalue weighted by atomic mass is 10.1. The molecule has 0 aromatic heterocycles. The van der Waals surface area contributed by atoms with Crippen LogP contribution in [-0.2, 0) is 9.84 Å². The van der Waals surface area contributed by atoms with Gasteiger partial charge >= 0.3 is 0 Å². The summed E-state index contributed by atoms with van der Waals surface area (Å²) in [5.41, 5.74) is 1.21. The van der Waals surface area contributed by atoms with Crippen molar-refractivity contribution in [2.75, 3.05) is 16.4 Å². The number of nitrogens with zero attached hydrogens (tertiary/aromatic N) is 1. The van der Waals surface area contributed by atoms with Crippen molar-refractivity contribution in [1.29, 1.82) is 0 Å². The molecule has 0 radical (unpaired) electrons. The van der Waals surface area contributed by atoms with E-state index in [9.17, 15) is 22.8 Å². The van der Waals surface area contributed by atoms with Crippen molar-refractivity contribution in [2.45, 2.75) is 12.5 Å². The molecule has 2 aromatic carbocycles. The van der Waals surface area contributed by atoms with E-state index in [0.29, 0.717) is 23.2 Å². The summed E-state index contributed by atoms with van der Waals surface area (Å²) < 4.78 is 23.1. The van der Waals surface area contributed by atoms with Gasteiger partial charge in [-0.25, -0.2) is 13.3 Å². The average Bonchev–Trinajstić information content (AvgIpc) is 3.12. The van der Waals surface area contributed by atoms with Crippen LogP contribution < -0.4 is 10.2 Å². The van der Waals surface area contributed by atoms with E-state index in [4.69, 9.17) is 0 Å². The molecular weight excluding hydrogens is 368 g/mol. The van der Waals surface area contributed by atoms with Gasteiger partial charge in [-0.15, -0.1) is 0 Å². The van der Waals surface area contributed by atoms with Gasteiger partial charge in [0.2, 0.25) is 0 Å². The molecule has 1 saturated heterocycles. The third-order valence-electron chi connectivity index (χ3n) is 4.73. The molecule has 2 aliphatic rings. The topological polar surface area (TPSA) is 101 Å². The van der Waals surface area contributed by atoms with Gasteiger partial charge < -0.3 is 5.32 Å². The molecular formula is C19H16N2O5S. The number of anilines is 1. The van der Waals surface area contributed by atoms with Crippen molar-refractivity contribution < 1.29 is 22.8 Å². The van der Waals surface area contributed by atoms with Gasteiger partial charge in [-0.1, -0.05) is 18.2 Å². The lowest BCUT2D eigenvalue weighted by Gasteiger charge is -2.16. The molecule has 4 rings (SSSR count). The van der Waals surface area contributed by atoms with Gasteiger partial charge in [0.25, 0.3) is 17.7 Å². The Bertz CT molecular complexity index is 1040. The molecule has 0 bridgehead atoms. The molecule has 1 atom stereocenters. The first-order valence-corrected chi connectivity index (χ1v) is 10.3. The van der Waals surface area contributed by atoms with Gasteiger partial charge in [0.15, 0.2) is 9.84 Å². The largest absolute Gasteiger partial charge is 0.348 e. The summed E-state index contributed by atoms with van der Waals surface area (Å²) in [4.78, 5) is 38.7. The number of carbonyl (C=O) groups is 3. The Hall–Kier alpha value is -3.00. The van der Waals surface area contributed by atoms with Crippen LogP contribution >= 0.6 is 0 Å². The van der Waals surface area contributed by atoms with Crippen LogP contribution in [-0.4, -0.2) is 43.7 Å². The summed E-state index contributed by atoms with van der Waals surface area (Å²) in [6.45, 7) is 0. The van der Waals surface area contributed by atoms with E-state index in [-0.39, 0.29) is 17.1 Å². The number of sulfone groups is 1. The molecule has 1 N–H and O–H groups in total. The molecule has 1 unspecified atom stereocenters. The van der Waals surface area contributed by atoms with Crippen molar-refractivity contribution in [1.82, 2.24) is 5.32 Å². The maximum absolute atomic E-state index is 12.6. The Kier molecular flexibility index (Phi) is 4.07. The van der Waals surface area contributed by atoms with Crippen LogP contribution in [0.25, 0.3) is 0 Å². The number of nitrogens with one attached hydrogen (secondary N) is 1. The Morgan fingerprint density at radius 1 is 1.00 bits per heavy atom. The highest BCUT2D eigenvalue weighted by atomic mass is 32.2. The van der Waals surface area contributed by atoms with Crippen LogP contribution in [0, 0.1) is 0 Å². The SMILES string of the molecule is O=C(NC1CCS(=O)(=O)C1)c1cccc(N2C(=O)c3ccccc3C2=O)c1. The molecule has 27 heavy (non-hydrogen) atoms. The lowest BCUT2D eigenvalue weighted by molar-refractivity contribution is 0.0916. The molecule has 8 heteroatoms. The Balaban J connectivity index is 1.58. The summed E-state index contributed by atoms with van der Waals surface area (Å²) in [6, 6.07) is 12.3. The fourth-order valence-electron chi connectivity index (χ4n) is 3.39. The molecule has 3 amide bonds. The predicted molar refractivity (Wildman–Crippen MR) is 98.5 cm³/mol. The number of fused-ring (bicyclic) bond motifs is 1. The van der Waals surface area contributed by atoms with E-state index < -0.39 is 33.6 Å². The molecule has 2 aromatic rings. The van der Waals surface area contributed by atoms with Crippen molar-refractivity contribution in [2.24, 2.45) is 0 Å². The maximum atomic E-state index is 12.6. The second-order valence-corrected chi connectivity index (χ2v) is 8.84. The van der Waals surface area contributed by atoms with Crippen LogP contribution in [0.5, 0.6) is 0 Å². The van der Waals surface area contributed by atoms with Gasteiger partial charge in [-0.3, -0.25) is 14.4 Å². The van der Waals surface area contributed by atoms with E-state index in [1.807, 2.05) is 0 Å². The molecule has 0 saturated carbocycles. The van der Waals surface area contributed by atoms with Crippen molar-refractivity contribution in [3.8, 4) is 0 Å². The van der Waals surface area contributed by atoms with E-state index >= 15 is 0 Å². The number of rotatable bonds is 3. The minimum atomic E-state index is -3.10. The van der Waals surface area contributed by atoms with Crippen molar-refractivity contribution in [3.05, 3.63) is 65.2 Å². The maximum Gasteiger partial charge on any atom is 0.266 e. The fraction of sp³-hybridized carbons (Fsp3) is 0.211. The summed E-state index contributed by atoms with van der Waals surface area (Å²) in [6.07, 6.45) is 0.381. The first kappa shape index (κ1) is 17.4. The minimum Gasteiger partial charge on any atom is -0.348 e. The smallest absolute Gasteiger partial charge is 0.266 e. The standard InChI is InChI=1S/C19H16N2O5S/c22-17(20-13-8-9-27(25,26)11-13)12-4-3-5-14(10-12)21-18(23)15-6-1-2-7-16(15)19(21)24/h1-7,10,13H,8-9,11H2,(H,20,22). The van der Waals surface area contributed by atoms with E-state index in [2.05, 4.69) is 5.32 Å². The third-order valence-corrected chi connectivity index (χ3v) is 6.50. The first-order valence-electron chi connectivity index (χ1n) is 8.45. The lowest BCUT2D eigenvalue weighted by Crippen LogP contribution is -2.36. The van der Waals surface area contributed by atoms with Crippen LogP contribution in [0.2, 0.25) is 0 Å². The molecule has 0 spiro atoms. The van der Waals surface area contributed by atoms with Gasteiger partial charge in [0, 0.05) is 11.6 Å². The van der Waals surface area contributed by atoms with Crippen molar-refractivity contribution in [3.63, 3.8) is 0 Å². The molecule has 0 aliphatic carbocycles. The quantitative estimate of drug-likeness (QED) is 0.807. The highest BCUT2D eigenvalue weighted by molar-refractivity contribution is 7.91.